The topological polar surface area (TPSA) is 58.2 Å². The second-order valence-electron chi connectivity index (χ2n) is 3.74. The molecule has 0 saturated heterocycles. The number of halogens is 5. The summed E-state index contributed by atoms with van der Waals surface area (Å²) in [6.07, 6.45) is 0.129. The molecule has 0 aromatic heterocycles. The van der Waals surface area contributed by atoms with E-state index < -0.39 is 51.4 Å². The number of amides is 2. The van der Waals surface area contributed by atoms with Gasteiger partial charge >= 0.3 is 5.51 Å². The summed E-state index contributed by atoms with van der Waals surface area (Å²) >= 11 is -0.618. The maximum atomic E-state index is 13.8. The van der Waals surface area contributed by atoms with E-state index in [1.807, 2.05) is 5.32 Å². The van der Waals surface area contributed by atoms with E-state index in [0.29, 0.717) is 0 Å². The SMILES string of the molecule is CC(SC(F)(F)F)C(=O)Nc1c(F)ccc(NC=O)c1F. The van der Waals surface area contributed by atoms with Crippen molar-refractivity contribution in [2.24, 2.45) is 0 Å². The quantitative estimate of drug-likeness (QED) is 0.645. The number of benzene rings is 1. The molecule has 0 aliphatic carbocycles. The summed E-state index contributed by atoms with van der Waals surface area (Å²) in [5.74, 6) is -3.69. The number of rotatable bonds is 5. The summed E-state index contributed by atoms with van der Waals surface area (Å²) in [6, 6.07) is 1.66. The van der Waals surface area contributed by atoms with Gasteiger partial charge in [0.1, 0.15) is 11.5 Å². The van der Waals surface area contributed by atoms with E-state index in [4.69, 9.17) is 0 Å². The zero-order chi connectivity index (χ0) is 16.2. The van der Waals surface area contributed by atoms with Gasteiger partial charge in [0.15, 0.2) is 5.82 Å². The van der Waals surface area contributed by atoms with E-state index in [-0.39, 0.29) is 6.41 Å². The first-order chi connectivity index (χ1) is 9.65. The molecule has 0 radical (unpaired) electrons. The highest BCUT2D eigenvalue weighted by Gasteiger charge is 2.34. The third kappa shape index (κ3) is 4.88. The van der Waals surface area contributed by atoms with Gasteiger partial charge in [0, 0.05) is 0 Å². The predicted molar refractivity (Wildman–Crippen MR) is 67.8 cm³/mol. The van der Waals surface area contributed by atoms with Crippen LogP contribution in [0.2, 0.25) is 0 Å². The maximum absolute atomic E-state index is 13.8. The molecule has 2 N–H and O–H groups in total. The third-order valence-corrected chi connectivity index (χ3v) is 3.07. The highest BCUT2D eigenvalue weighted by Crippen LogP contribution is 2.34. The fourth-order valence-corrected chi connectivity index (χ4v) is 1.89. The molecule has 21 heavy (non-hydrogen) atoms. The molecule has 0 bridgehead atoms. The lowest BCUT2D eigenvalue weighted by atomic mass is 10.2. The Morgan fingerprint density at radius 2 is 1.95 bits per heavy atom. The van der Waals surface area contributed by atoms with Crippen LogP contribution >= 0.6 is 11.8 Å². The van der Waals surface area contributed by atoms with Gasteiger partial charge in [0.25, 0.3) is 0 Å². The van der Waals surface area contributed by atoms with Crippen LogP contribution < -0.4 is 10.6 Å². The summed E-state index contributed by atoms with van der Waals surface area (Å²) in [4.78, 5) is 21.7. The van der Waals surface area contributed by atoms with Crippen LogP contribution in [0.1, 0.15) is 6.92 Å². The largest absolute Gasteiger partial charge is 0.442 e. The normalized spacial score (nSPS) is 12.7. The molecule has 0 aliphatic heterocycles. The van der Waals surface area contributed by atoms with Crippen molar-refractivity contribution in [2.45, 2.75) is 17.7 Å². The molecule has 0 aliphatic rings. The van der Waals surface area contributed by atoms with Crippen molar-refractivity contribution >= 4 is 35.5 Å². The number of alkyl halides is 3. The standard InChI is InChI=1S/C11H9F5N2O2S/c1-5(21-11(14,15)16)10(20)18-9-6(12)2-3-7(8(9)13)17-4-19/h2-5H,1H3,(H,17,19)(H,18,20). The molecule has 10 heteroatoms. The van der Waals surface area contributed by atoms with Crippen LogP contribution in [0.25, 0.3) is 0 Å². The molecule has 1 aromatic carbocycles. The molecule has 4 nitrogen and oxygen atoms in total. The van der Waals surface area contributed by atoms with E-state index in [9.17, 15) is 31.5 Å². The van der Waals surface area contributed by atoms with Gasteiger partial charge in [0.05, 0.1) is 10.9 Å². The van der Waals surface area contributed by atoms with Gasteiger partial charge in [-0.1, -0.05) is 0 Å². The zero-order valence-corrected chi connectivity index (χ0v) is 11.2. The van der Waals surface area contributed by atoms with Gasteiger partial charge in [0.2, 0.25) is 12.3 Å². The molecule has 0 spiro atoms. The molecular formula is C11H9F5N2O2S. The molecule has 0 fully saturated rings. The molecule has 116 valence electrons. The summed E-state index contributed by atoms with van der Waals surface area (Å²) in [6.45, 7) is 0.941. The van der Waals surface area contributed by atoms with Crippen molar-refractivity contribution in [3.63, 3.8) is 0 Å². The lowest BCUT2D eigenvalue weighted by molar-refractivity contribution is -0.115. The first-order valence-corrected chi connectivity index (χ1v) is 6.27. The Labute approximate surface area is 120 Å². The van der Waals surface area contributed by atoms with Crippen LogP contribution in [-0.2, 0) is 9.59 Å². The molecule has 1 unspecified atom stereocenters. The van der Waals surface area contributed by atoms with Crippen molar-refractivity contribution in [2.75, 3.05) is 10.6 Å². The van der Waals surface area contributed by atoms with E-state index in [1.54, 1.807) is 5.32 Å². The fraction of sp³-hybridized carbons (Fsp3) is 0.273. The van der Waals surface area contributed by atoms with Gasteiger partial charge in [-0.2, -0.15) is 13.2 Å². The number of hydrogen-bond donors (Lipinski definition) is 2. The van der Waals surface area contributed by atoms with E-state index in [2.05, 4.69) is 0 Å². The Balaban J connectivity index is 2.94. The average Bonchev–Trinajstić information content (AvgIpc) is 2.35. The Morgan fingerprint density at radius 1 is 1.33 bits per heavy atom. The van der Waals surface area contributed by atoms with Crippen molar-refractivity contribution < 1.29 is 31.5 Å². The van der Waals surface area contributed by atoms with Crippen molar-refractivity contribution in [3.8, 4) is 0 Å². The van der Waals surface area contributed by atoms with Crippen LogP contribution in [0.3, 0.4) is 0 Å². The smallest absolute Gasteiger partial charge is 0.326 e. The monoisotopic (exact) mass is 328 g/mol. The molecule has 2 amide bonds. The minimum atomic E-state index is -4.66. The Kier molecular flexibility index (Phi) is 5.53. The molecule has 1 atom stereocenters. The molecule has 0 saturated carbocycles. The first kappa shape index (κ1) is 17.2. The number of anilines is 2. The second kappa shape index (κ2) is 6.74. The number of carbonyl (C=O) groups is 2. The number of thioether (sulfide) groups is 1. The average molecular weight is 328 g/mol. The Hall–Kier alpha value is -1.84. The number of carbonyl (C=O) groups excluding carboxylic acids is 2. The zero-order valence-electron chi connectivity index (χ0n) is 10.4. The highest BCUT2D eigenvalue weighted by molar-refractivity contribution is 8.01. The summed E-state index contributed by atoms with van der Waals surface area (Å²) in [5, 5.41) is 2.05. The molecular weight excluding hydrogens is 319 g/mol. The van der Waals surface area contributed by atoms with Crippen molar-refractivity contribution in [1.82, 2.24) is 0 Å². The molecule has 1 rings (SSSR count). The van der Waals surface area contributed by atoms with Crippen LogP contribution in [0.4, 0.5) is 33.3 Å². The van der Waals surface area contributed by atoms with Crippen molar-refractivity contribution in [1.29, 1.82) is 0 Å². The summed E-state index contributed by atoms with van der Waals surface area (Å²) in [5.41, 5.74) is -6.01. The van der Waals surface area contributed by atoms with Gasteiger partial charge in [-0.25, -0.2) is 8.78 Å². The Morgan fingerprint density at radius 3 is 2.48 bits per heavy atom. The molecule has 1 aromatic rings. The lowest BCUT2D eigenvalue weighted by Crippen LogP contribution is -2.26. The third-order valence-electron chi connectivity index (χ3n) is 2.23. The van der Waals surface area contributed by atoms with Crippen LogP contribution in [0.15, 0.2) is 12.1 Å². The summed E-state index contributed by atoms with van der Waals surface area (Å²) < 4.78 is 63.6. The van der Waals surface area contributed by atoms with Gasteiger partial charge < -0.3 is 10.6 Å². The molecule has 0 heterocycles. The van der Waals surface area contributed by atoms with Crippen molar-refractivity contribution in [3.05, 3.63) is 23.8 Å². The van der Waals surface area contributed by atoms with E-state index in [0.717, 1.165) is 19.1 Å². The number of hydrogen-bond acceptors (Lipinski definition) is 3. The minimum Gasteiger partial charge on any atom is -0.326 e. The minimum absolute atomic E-state index is 0.129. The first-order valence-electron chi connectivity index (χ1n) is 5.39. The Bertz CT molecular complexity index is 550. The van der Waals surface area contributed by atoms with Crippen LogP contribution in [0.5, 0.6) is 0 Å². The maximum Gasteiger partial charge on any atom is 0.442 e. The van der Waals surface area contributed by atoms with Gasteiger partial charge in [-0.15, -0.1) is 0 Å². The number of nitrogens with one attached hydrogen (secondary N) is 2. The van der Waals surface area contributed by atoms with E-state index in [1.165, 1.54) is 0 Å². The van der Waals surface area contributed by atoms with E-state index >= 15 is 0 Å². The van der Waals surface area contributed by atoms with Crippen LogP contribution in [-0.4, -0.2) is 23.1 Å². The van der Waals surface area contributed by atoms with Gasteiger partial charge in [-0.3, -0.25) is 9.59 Å². The lowest BCUT2D eigenvalue weighted by Gasteiger charge is -2.15. The second-order valence-corrected chi connectivity index (χ2v) is 5.15. The van der Waals surface area contributed by atoms with Gasteiger partial charge in [-0.05, 0) is 30.8 Å². The summed E-state index contributed by atoms with van der Waals surface area (Å²) in [7, 11) is 0. The highest BCUT2D eigenvalue weighted by atomic mass is 32.2. The fourth-order valence-electron chi connectivity index (χ4n) is 1.32. The van der Waals surface area contributed by atoms with Crippen LogP contribution in [0, 0.1) is 11.6 Å². The predicted octanol–water partition coefficient (Wildman–Crippen LogP) is 3.11.